The first-order chi connectivity index (χ1) is 9.48. The Morgan fingerprint density at radius 2 is 2.20 bits per heavy atom. The van der Waals surface area contributed by atoms with Crippen LogP contribution < -0.4 is 9.42 Å². The van der Waals surface area contributed by atoms with Crippen molar-refractivity contribution in [2.45, 2.75) is 6.54 Å². The van der Waals surface area contributed by atoms with E-state index in [9.17, 15) is 8.42 Å². The van der Waals surface area contributed by atoms with Crippen molar-refractivity contribution < 1.29 is 22.4 Å². The van der Waals surface area contributed by atoms with Gasteiger partial charge in [0.25, 0.3) is 10.1 Å². The molecule has 0 aromatic carbocycles. The highest BCUT2D eigenvalue weighted by molar-refractivity contribution is 7.85. The summed E-state index contributed by atoms with van der Waals surface area (Å²) < 4.78 is 36.3. The molecule has 0 fully saturated rings. The summed E-state index contributed by atoms with van der Waals surface area (Å²) in [5.41, 5.74) is 1.39. The molecule has 0 aliphatic rings. The van der Waals surface area contributed by atoms with Gasteiger partial charge in [0, 0.05) is 17.8 Å². The highest BCUT2D eigenvalue weighted by atomic mass is 32.2. The van der Waals surface area contributed by atoms with Crippen molar-refractivity contribution in [2.75, 3.05) is 12.9 Å². The third kappa shape index (κ3) is 3.93. The van der Waals surface area contributed by atoms with Crippen LogP contribution in [-0.4, -0.2) is 40.9 Å². The Hall–Kier alpha value is -2.13. The van der Waals surface area contributed by atoms with E-state index in [4.69, 9.17) is 9.29 Å². The summed E-state index contributed by atoms with van der Waals surface area (Å²) in [7, 11) is -2.51. The molecule has 20 heavy (non-hydrogen) atoms. The zero-order valence-electron chi connectivity index (χ0n) is 10.7. The summed E-state index contributed by atoms with van der Waals surface area (Å²) in [5.74, 6) is -0.384. The molecule has 8 nitrogen and oxygen atoms in total. The SMILES string of the molecule is COc1nccc(-c2cc[n+](CCS(=O)(=O)O)nc2)n1. The van der Waals surface area contributed by atoms with Gasteiger partial charge in [-0.15, -0.1) is 0 Å². The van der Waals surface area contributed by atoms with Crippen LogP contribution >= 0.6 is 0 Å². The second-order valence-corrected chi connectivity index (χ2v) is 5.47. The molecule has 0 amide bonds. The molecule has 1 N–H and O–H groups in total. The van der Waals surface area contributed by atoms with Gasteiger partial charge < -0.3 is 4.74 Å². The van der Waals surface area contributed by atoms with E-state index in [1.165, 1.54) is 11.8 Å². The molecule has 2 aromatic heterocycles. The van der Waals surface area contributed by atoms with Gasteiger partial charge in [-0.1, -0.05) is 4.68 Å². The molecular weight excluding hydrogens is 284 g/mol. The summed E-state index contributed by atoms with van der Waals surface area (Å²) in [6.07, 6.45) is 4.72. The summed E-state index contributed by atoms with van der Waals surface area (Å²) in [6.45, 7) is 0.0756. The molecule has 106 valence electrons. The molecular formula is C11H13N4O4S+. The number of aryl methyl sites for hydroxylation is 1. The van der Waals surface area contributed by atoms with Gasteiger partial charge in [0.15, 0.2) is 12.7 Å². The van der Waals surface area contributed by atoms with Gasteiger partial charge in [-0.25, -0.2) is 4.98 Å². The number of aromatic nitrogens is 4. The fraction of sp³-hybridized carbons (Fsp3) is 0.273. The lowest BCUT2D eigenvalue weighted by atomic mass is 10.2. The molecule has 2 rings (SSSR count). The lowest BCUT2D eigenvalue weighted by Gasteiger charge is -2.01. The van der Waals surface area contributed by atoms with Crippen molar-refractivity contribution in [3.8, 4) is 17.3 Å². The zero-order valence-corrected chi connectivity index (χ0v) is 11.5. The Bertz CT molecular complexity index is 688. The second-order valence-electron chi connectivity index (χ2n) is 3.89. The molecule has 0 bridgehead atoms. The van der Waals surface area contributed by atoms with E-state index in [0.29, 0.717) is 5.69 Å². The van der Waals surface area contributed by atoms with Crippen LogP contribution in [0.3, 0.4) is 0 Å². The van der Waals surface area contributed by atoms with Crippen LogP contribution in [-0.2, 0) is 16.7 Å². The molecule has 0 saturated carbocycles. The van der Waals surface area contributed by atoms with Crippen molar-refractivity contribution in [3.63, 3.8) is 0 Å². The lowest BCUT2D eigenvalue weighted by Crippen LogP contribution is -2.40. The molecule has 9 heteroatoms. The number of rotatable bonds is 5. The van der Waals surface area contributed by atoms with Crippen LogP contribution in [0.25, 0.3) is 11.3 Å². The summed E-state index contributed by atoms with van der Waals surface area (Å²) >= 11 is 0. The zero-order chi connectivity index (χ0) is 14.6. The Balaban J connectivity index is 2.15. The van der Waals surface area contributed by atoms with Gasteiger partial charge in [0.2, 0.25) is 0 Å². The summed E-state index contributed by atoms with van der Waals surface area (Å²) in [5, 5.41) is 4.05. The Labute approximate surface area is 115 Å². The van der Waals surface area contributed by atoms with E-state index in [1.54, 1.807) is 30.7 Å². The maximum absolute atomic E-state index is 10.6. The van der Waals surface area contributed by atoms with E-state index >= 15 is 0 Å². The molecule has 0 spiro atoms. The summed E-state index contributed by atoms with van der Waals surface area (Å²) in [6, 6.07) is 3.70. The molecule has 0 atom stereocenters. The Kier molecular flexibility index (Phi) is 4.20. The highest BCUT2D eigenvalue weighted by Gasteiger charge is 2.11. The van der Waals surface area contributed by atoms with E-state index in [2.05, 4.69) is 15.1 Å². The number of hydrogen-bond donors (Lipinski definition) is 1. The first kappa shape index (κ1) is 14.3. The minimum absolute atomic E-state index is 0.0756. The van der Waals surface area contributed by atoms with Crippen LogP contribution in [0.15, 0.2) is 30.7 Å². The molecule has 0 aliphatic heterocycles. The Morgan fingerprint density at radius 1 is 1.40 bits per heavy atom. The predicted octanol–water partition coefficient (Wildman–Crippen LogP) is -0.277. The number of methoxy groups -OCH3 is 1. The fourth-order valence-corrected chi connectivity index (χ4v) is 1.89. The third-order valence-electron chi connectivity index (χ3n) is 2.46. The topological polar surface area (TPSA) is 106 Å². The van der Waals surface area contributed by atoms with E-state index in [1.807, 2.05) is 0 Å². The maximum atomic E-state index is 10.6. The van der Waals surface area contributed by atoms with Crippen molar-refractivity contribution in [1.82, 2.24) is 15.1 Å². The fourth-order valence-electron chi connectivity index (χ4n) is 1.48. The first-order valence-electron chi connectivity index (χ1n) is 5.66. The smallest absolute Gasteiger partial charge is 0.316 e. The van der Waals surface area contributed by atoms with Gasteiger partial charge >= 0.3 is 6.01 Å². The van der Waals surface area contributed by atoms with Gasteiger partial charge in [0.1, 0.15) is 11.9 Å². The minimum atomic E-state index is -3.99. The molecule has 0 unspecified atom stereocenters. The van der Waals surface area contributed by atoms with Crippen molar-refractivity contribution in [2.24, 2.45) is 0 Å². The molecule has 2 heterocycles. The highest BCUT2D eigenvalue weighted by Crippen LogP contribution is 2.15. The Morgan fingerprint density at radius 3 is 2.80 bits per heavy atom. The minimum Gasteiger partial charge on any atom is -0.467 e. The average molecular weight is 297 g/mol. The lowest BCUT2D eigenvalue weighted by molar-refractivity contribution is -0.750. The van der Waals surface area contributed by atoms with Crippen LogP contribution in [0.1, 0.15) is 0 Å². The first-order valence-corrected chi connectivity index (χ1v) is 7.27. The number of ether oxygens (including phenoxy) is 1. The van der Waals surface area contributed by atoms with Crippen LogP contribution in [0.5, 0.6) is 6.01 Å². The van der Waals surface area contributed by atoms with Gasteiger partial charge in [0.05, 0.1) is 12.8 Å². The largest absolute Gasteiger partial charge is 0.467 e. The van der Waals surface area contributed by atoms with Gasteiger partial charge in [-0.05, 0) is 11.2 Å². The van der Waals surface area contributed by atoms with E-state index in [0.717, 1.165) is 5.56 Å². The second kappa shape index (κ2) is 5.88. The quantitative estimate of drug-likeness (QED) is 0.597. The van der Waals surface area contributed by atoms with Gasteiger partial charge in [-0.3, -0.25) is 4.55 Å². The number of hydrogen-bond acceptors (Lipinski definition) is 6. The monoisotopic (exact) mass is 297 g/mol. The van der Waals surface area contributed by atoms with Crippen molar-refractivity contribution in [1.29, 1.82) is 0 Å². The average Bonchev–Trinajstić information content (AvgIpc) is 2.45. The van der Waals surface area contributed by atoms with E-state index < -0.39 is 10.1 Å². The normalized spacial score (nSPS) is 11.3. The van der Waals surface area contributed by atoms with Crippen LogP contribution in [0.4, 0.5) is 0 Å². The third-order valence-corrected chi connectivity index (χ3v) is 3.16. The van der Waals surface area contributed by atoms with Crippen molar-refractivity contribution >= 4 is 10.1 Å². The van der Waals surface area contributed by atoms with Gasteiger partial charge in [-0.2, -0.15) is 13.4 Å². The van der Waals surface area contributed by atoms with Crippen LogP contribution in [0, 0.1) is 0 Å². The summed E-state index contributed by atoms with van der Waals surface area (Å²) in [4.78, 5) is 8.06. The molecule has 0 aliphatic carbocycles. The number of nitrogens with zero attached hydrogens (tertiary/aromatic N) is 4. The van der Waals surface area contributed by atoms with Crippen LogP contribution in [0.2, 0.25) is 0 Å². The van der Waals surface area contributed by atoms with E-state index in [-0.39, 0.29) is 18.3 Å². The van der Waals surface area contributed by atoms with Crippen molar-refractivity contribution in [3.05, 3.63) is 30.7 Å². The maximum Gasteiger partial charge on any atom is 0.316 e. The molecule has 0 saturated heterocycles. The molecule has 0 radical (unpaired) electrons. The molecule has 2 aromatic rings. The standard InChI is InChI=1S/C11H12N4O4S/c1-19-11-12-4-2-10(14-11)9-3-5-15(13-8-9)6-7-20(16,17)18/h2-5,8H,6-7H2,1H3/p+1. The predicted molar refractivity (Wildman–Crippen MR) is 68.4 cm³/mol.